The Labute approximate surface area is 84.0 Å². The maximum Gasteiger partial charge on any atom is 0.250 e. The van der Waals surface area contributed by atoms with Crippen LogP contribution in [0.5, 0.6) is 0 Å². The molecule has 14 heavy (non-hydrogen) atoms. The molecule has 0 spiro atoms. The molecule has 2 aliphatic carbocycles. The van der Waals surface area contributed by atoms with Crippen LogP contribution in [0.3, 0.4) is 0 Å². The molecule has 78 valence electrons. The average molecular weight is 195 g/mol. The maximum absolute atomic E-state index is 11.6. The Morgan fingerprint density at radius 1 is 1.50 bits per heavy atom. The molecule has 1 saturated heterocycles. The molecule has 2 N–H and O–H groups in total. The molecule has 3 aliphatic rings. The van der Waals surface area contributed by atoms with Crippen molar-refractivity contribution in [1.29, 1.82) is 0 Å². The van der Waals surface area contributed by atoms with Crippen LogP contribution in [0.2, 0.25) is 0 Å². The fraction of sp³-hybridized carbons (Fsp3) is 0.909. The monoisotopic (exact) mass is 195 g/mol. The minimum Gasteiger partial charge on any atom is -0.367 e. The van der Waals surface area contributed by atoms with E-state index in [2.05, 4.69) is 13.8 Å². The van der Waals surface area contributed by atoms with Gasteiger partial charge in [0, 0.05) is 10.8 Å². The number of hydrogen-bond donors (Lipinski definition) is 1. The van der Waals surface area contributed by atoms with Gasteiger partial charge in [0.15, 0.2) is 5.60 Å². The highest BCUT2D eigenvalue weighted by molar-refractivity contribution is 5.86. The van der Waals surface area contributed by atoms with Crippen molar-refractivity contribution in [2.45, 2.75) is 38.7 Å². The third kappa shape index (κ3) is 0.553. The zero-order chi connectivity index (χ0) is 10.2. The molecule has 3 fully saturated rings. The smallest absolute Gasteiger partial charge is 0.250 e. The lowest BCUT2D eigenvalue weighted by molar-refractivity contribution is -0.151. The van der Waals surface area contributed by atoms with Gasteiger partial charge in [-0.05, 0) is 25.2 Å². The first-order chi connectivity index (χ1) is 6.46. The number of carbonyl (C=O) groups is 1. The van der Waals surface area contributed by atoms with Crippen LogP contribution in [-0.2, 0) is 9.53 Å². The van der Waals surface area contributed by atoms with Gasteiger partial charge in [-0.15, -0.1) is 0 Å². The molecule has 1 aliphatic heterocycles. The predicted molar refractivity (Wildman–Crippen MR) is 51.4 cm³/mol. The molecule has 0 aromatic rings. The molecule has 3 nitrogen and oxygen atoms in total. The number of primary amides is 1. The van der Waals surface area contributed by atoms with Gasteiger partial charge in [0.1, 0.15) is 0 Å². The Morgan fingerprint density at radius 2 is 2.21 bits per heavy atom. The fourth-order valence-corrected chi connectivity index (χ4v) is 4.29. The fourth-order valence-electron chi connectivity index (χ4n) is 4.29. The van der Waals surface area contributed by atoms with E-state index >= 15 is 0 Å². The first kappa shape index (κ1) is 8.72. The molecule has 3 rings (SSSR count). The topological polar surface area (TPSA) is 52.3 Å². The maximum atomic E-state index is 11.6. The SMILES string of the molecule is C[C@]12CC[C@@H]3C[C@@]1(C(N)=O)OC[C@@]32C. The van der Waals surface area contributed by atoms with Crippen molar-refractivity contribution in [2.75, 3.05) is 6.61 Å². The van der Waals surface area contributed by atoms with Gasteiger partial charge < -0.3 is 10.5 Å². The average Bonchev–Trinajstić information content (AvgIpc) is 2.58. The van der Waals surface area contributed by atoms with Gasteiger partial charge >= 0.3 is 0 Å². The van der Waals surface area contributed by atoms with E-state index in [0.717, 1.165) is 19.4 Å². The van der Waals surface area contributed by atoms with E-state index in [1.165, 1.54) is 6.42 Å². The summed E-state index contributed by atoms with van der Waals surface area (Å²) in [5.74, 6) is 0.402. The largest absolute Gasteiger partial charge is 0.367 e. The van der Waals surface area contributed by atoms with E-state index in [0.29, 0.717) is 5.92 Å². The second-order valence-electron chi connectivity index (χ2n) is 5.67. The zero-order valence-corrected chi connectivity index (χ0v) is 8.80. The van der Waals surface area contributed by atoms with Crippen LogP contribution < -0.4 is 5.73 Å². The zero-order valence-electron chi connectivity index (χ0n) is 8.80. The Balaban J connectivity index is 2.18. The molecular formula is C11H17NO2. The summed E-state index contributed by atoms with van der Waals surface area (Å²) in [6.45, 7) is 5.18. The summed E-state index contributed by atoms with van der Waals surface area (Å²) in [5.41, 5.74) is 5.10. The van der Waals surface area contributed by atoms with E-state index in [1.807, 2.05) is 0 Å². The van der Waals surface area contributed by atoms with Crippen molar-refractivity contribution in [3.63, 3.8) is 0 Å². The van der Waals surface area contributed by atoms with Gasteiger partial charge in [-0.3, -0.25) is 4.79 Å². The number of hydrogen-bond acceptors (Lipinski definition) is 2. The van der Waals surface area contributed by atoms with Crippen LogP contribution in [0.1, 0.15) is 33.1 Å². The third-order valence-electron chi connectivity index (χ3n) is 5.60. The summed E-state index contributed by atoms with van der Waals surface area (Å²) in [5, 5.41) is 0. The van der Waals surface area contributed by atoms with E-state index in [4.69, 9.17) is 10.5 Å². The highest BCUT2D eigenvalue weighted by Crippen LogP contribution is 2.74. The summed E-state index contributed by atoms with van der Waals surface area (Å²) in [6.07, 6.45) is 3.19. The highest BCUT2D eigenvalue weighted by Gasteiger charge is 2.78. The Kier molecular flexibility index (Phi) is 1.25. The molecule has 1 amide bonds. The van der Waals surface area contributed by atoms with E-state index in [1.54, 1.807) is 0 Å². The normalized spacial score (nSPS) is 59.4. The van der Waals surface area contributed by atoms with Crippen LogP contribution in [0.15, 0.2) is 0 Å². The first-order valence-corrected chi connectivity index (χ1v) is 5.40. The number of rotatable bonds is 1. The minimum atomic E-state index is -0.634. The van der Waals surface area contributed by atoms with Gasteiger partial charge in [-0.1, -0.05) is 13.8 Å². The number of ether oxygens (including phenoxy) is 1. The first-order valence-electron chi connectivity index (χ1n) is 5.40. The predicted octanol–water partition coefficient (Wildman–Crippen LogP) is 1.07. The molecule has 1 heterocycles. The molecule has 2 saturated carbocycles. The molecule has 4 atom stereocenters. The van der Waals surface area contributed by atoms with Crippen LogP contribution in [0.4, 0.5) is 0 Å². The lowest BCUT2D eigenvalue weighted by atomic mass is 9.66. The van der Waals surface area contributed by atoms with Crippen molar-refractivity contribution in [3.05, 3.63) is 0 Å². The Morgan fingerprint density at radius 3 is 2.64 bits per heavy atom. The second kappa shape index (κ2) is 2.01. The third-order valence-corrected chi connectivity index (χ3v) is 5.60. The van der Waals surface area contributed by atoms with Crippen molar-refractivity contribution in [3.8, 4) is 0 Å². The molecule has 3 heteroatoms. The lowest BCUT2D eigenvalue weighted by Crippen LogP contribution is -2.53. The second-order valence-corrected chi connectivity index (χ2v) is 5.67. The molecule has 4 bridgehead atoms. The summed E-state index contributed by atoms with van der Waals surface area (Å²) in [4.78, 5) is 11.6. The molecule has 0 radical (unpaired) electrons. The summed E-state index contributed by atoms with van der Waals surface area (Å²) in [6, 6.07) is 0. The van der Waals surface area contributed by atoms with Gasteiger partial charge in [-0.25, -0.2) is 0 Å². The van der Waals surface area contributed by atoms with Gasteiger partial charge in [0.2, 0.25) is 5.91 Å². The molecule has 0 unspecified atom stereocenters. The highest BCUT2D eigenvalue weighted by atomic mass is 16.5. The van der Waals surface area contributed by atoms with Gasteiger partial charge in [-0.2, -0.15) is 0 Å². The summed E-state index contributed by atoms with van der Waals surface area (Å²) < 4.78 is 5.77. The number of amides is 1. The van der Waals surface area contributed by atoms with Crippen LogP contribution in [0.25, 0.3) is 0 Å². The van der Waals surface area contributed by atoms with E-state index < -0.39 is 5.60 Å². The van der Waals surface area contributed by atoms with Crippen LogP contribution >= 0.6 is 0 Å². The quantitative estimate of drug-likeness (QED) is 0.680. The lowest BCUT2D eigenvalue weighted by Gasteiger charge is -2.38. The van der Waals surface area contributed by atoms with Crippen molar-refractivity contribution < 1.29 is 9.53 Å². The minimum absolute atomic E-state index is 0.00347. The summed E-state index contributed by atoms with van der Waals surface area (Å²) >= 11 is 0. The van der Waals surface area contributed by atoms with Gasteiger partial charge in [0.05, 0.1) is 6.61 Å². The molecule has 0 aromatic heterocycles. The van der Waals surface area contributed by atoms with Crippen molar-refractivity contribution in [2.24, 2.45) is 22.5 Å². The van der Waals surface area contributed by atoms with Crippen molar-refractivity contribution in [1.82, 2.24) is 0 Å². The van der Waals surface area contributed by atoms with E-state index in [-0.39, 0.29) is 16.7 Å². The van der Waals surface area contributed by atoms with Crippen molar-refractivity contribution >= 4 is 5.91 Å². The van der Waals surface area contributed by atoms with E-state index in [9.17, 15) is 4.79 Å². The molecular weight excluding hydrogens is 178 g/mol. The molecule has 0 aromatic carbocycles. The van der Waals surface area contributed by atoms with Crippen LogP contribution in [0, 0.1) is 16.7 Å². The Bertz CT molecular complexity index is 329. The summed E-state index contributed by atoms with van der Waals surface area (Å²) in [7, 11) is 0. The van der Waals surface area contributed by atoms with Gasteiger partial charge in [0.25, 0.3) is 0 Å². The van der Waals surface area contributed by atoms with Crippen LogP contribution in [-0.4, -0.2) is 18.1 Å². The standard InChI is InChI=1S/C11H17NO2/c1-9-6-14-11(8(12)13)5-7(9)3-4-10(9,11)2/h7H,3-6H2,1-2H3,(H2,12,13)/t7-,9+,10-,11+/m1/s1. The number of carbonyl (C=O) groups excluding carboxylic acids is 1. The Hall–Kier alpha value is -0.570. The number of nitrogens with two attached hydrogens (primary N) is 1.